The molecule has 3 aromatic carbocycles. The fourth-order valence-corrected chi connectivity index (χ4v) is 2.61. The van der Waals surface area contributed by atoms with Crippen LogP contribution in [-0.4, -0.2) is 18.4 Å². The van der Waals surface area contributed by atoms with Gasteiger partial charge in [-0.2, -0.15) is 0 Å². The zero-order valence-corrected chi connectivity index (χ0v) is 15.8. The summed E-state index contributed by atoms with van der Waals surface area (Å²) in [4.78, 5) is 24.5. The molecule has 0 fully saturated rings. The van der Waals surface area contributed by atoms with Gasteiger partial charge in [-0.05, 0) is 73.7 Å². The lowest BCUT2D eigenvalue weighted by Crippen LogP contribution is -2.08. The van der Waals surface area contributed by atoms with E-state index in [0.717, 1.165) is 5.56 Å². The van der Waals surface area contributed by atoms with Crippen LogP contribution in [0.5, 0.6) is 11.5 Å². The van der Waals surface area contributed by atoms with Gasteiger partial charge >= 0.3 is 5.97 Å². The normalized spacial score (nSPS) is 10.7. The Labute approximate surface area is 168 Å². The van der Waals surface area contributed by atoms with Crippen molar-refractivity contribution in [1.29, 1.82) is 0 Å². The number of benzene rings is 3. The molecule has 0 aliphatic rings. The van der Waals surface area contributed by atoms with Crippen molar-refractivity contribution < 1.29 is 23.5 Å². The molecule has 0 saturated heterocycles. The first-order chi connectivity index (χ1) is 14.1. The van der Waals surface area contributed by atoms with Crippen LogP contribution in [0.4, 0.5) is 4.39 Å². The molecule has 0 heterocycles. The van der Waals surface area contributed by atoms with Crippen LogP contribution in [0.25, 0.3) is 6.08 Å². The maximum atomic E-state index is 12.9. The summed E-state index contributed by atoms with van der Waals surface area (Å²) in [7, 11) is 0. The lowest BCUT2D eigenvalue weighted by Gasteiger charge is -2.06. The van der Waals surface area contributed by atoms with Crippen LogP contribution in [-0.2, 0) is 0 Å². The van der Waals surface area contributed by atoms with Gasteiger partial charge < -0.3 is 9.47 Å². The third-order valence-corrected chi connectivity index (χ3v) is 4.06. The van der Waals surface area contributed by atoms with Gasteiger partial charge in [0.15, 0.2) is 5.78 Å². The highest BCUT2D eigenvalue weighted by molar-refractivity contribution is 6.07. The van der Waals surface area contributed by atoms with Crippen molar-refractivity contribution in [2.45, 2.75) is 6.92 Å². The molecule has 146 valence electrons. The van der Waals surface area contributed by atoms with E-state index in [1.165, 1.54) is 42.5 Å². The third-order valence-electron chi connectivity index (χ3n) is 4.06. The quantitative estimate of drug-likeness (QED) is 0.236. The summed E-state index contributed by atoms with van der Waals surface area (Å²) in [6, 6.07) is 18.8. The second-order valence-corrected chi connectivity index (χ2v) is 6.09. The van der Waals surface area contributed by atoms with Crippen molar-refractivity contribution in [2.75, 3.05) is 6.61 Å². The van der Waals surface area contributed by atoms with E-state index in [1.807, 2.05) is 31.2 Å². The molecule has 0 aliphatic heterocycles. The van der Waals surface area contributed by atoms with E-state index in [-0.39, 0.29) is 11.3 Å². The van der Waals surface area contributed by atoms with Crippen molar-refractivity contribution >= 4 is 17.8 Å². The standard InChI is InChI=1S/C24H19FO4/c1-2-28-23-6-4-3-5-18(23)11-16-22(26)17-9-14-21(15-10-17)29-24(27)19-7-12-20(25)13-8-19/h3-16H,2H2,1H3/b16-11+. The summed E-state index contributed by atoms with van der Waals surface area (Å²) in [5, 5.41) is 0. The number of carbonyl (C=O) groups excluding carboxylic acids is 2. The molecule has 0 N–H and O–H groups in total. The predicted octanol–water partition coefficient (Wildman–Crippen LogP) is 5.34. The summed E-state index contributed by atoms with van der Waals surface area (Å²) in [5.41, 5.74) is 1.51. The Hall–Kier alpha value is -3.73. The zero-order chi connectivity index (χ0) is 20.6. The van der Waals surface area contributed by atoms with E-state index in [9.17, 15) is 14.0 Å². The molecule has 0 amide bonds. The summed E-state index contributed by atoms with van der Waals surface area (Å²) in [5.74, 6) is -0.214. The molecule has 4 nitrogen and oxygen atoms in total. The topological polar surface area (TPSA) is 52.6 Å². The minimum atomic E-state index is -0.600. The fourth-order valence-electron chi connectivity index (χ4n) is 2.61. The minimum Gasteiger partial charge on any atom is -0.493 e. The highest BCUT2D eigenvalue weighted by atomic mass is 19.1. The van der Waals surface area contributed by atoms with Crippen molar-refractivity contribution in [1.82, 2.24) is 0 Å². The molecule has 0 bridgehead atoms. The summed E-state index contributed by atoms with van der Waals surface area (Å²) in [6.45, 7) is 2.44. The Kier molecular flexibility index (Phi) is 6.53. The Balaban J connectivity index is 1.66. The summed E-state index contributed by atoms with van der Waals surface area (Å²) < 4.78 is 23.7. The summed E-state index contributed by atoms with van der Waals surface area (Å²) >= 11 is 0. The van der Waals surface area contributed by atoms with Crippen molar-refractivity contribution in [3.05, 3.63) is 101 Å². The van der Waals surface area contributed by atoms with Gasteiger partial charge in [-0.1, -0.05) is 18.2 Å². The van der Waals surface area contributed by atoms with Gasteiger partial charge in [0.2, 0.25) is 0 Å². The molecule has 5 heteroatoms. The number of hydrogen-bond acceptors (Lipinski definition) is 4. The smallest absolute Gasteiger partial charge is 0.343 e. The maximum Gasteiger partial charge on any atom is 0.343 e. The van der Waals surface area contributed by atoms with Crippen LogP contribution < -0.4 is 9.47 Å². The number of ketones is 1. The van der Waals surface area contributed by atoms with Crippen LogP contribution in [0, 0.1) is 5.82 Å². The maximum absolute atomic E-state index is 12.9. The molecule has 0 unspecified atom stereocenters. The van der Waals surface area contributed by atoms with Crippen molar-refractivity contribution in [3.63, 3.8) is 0 Å². The first kappa shape index (κ1) is 20.0. The number of para-hydroxylation sites is 1. The largest absolute Gasteiger partial charge is 0.493 e. The van der Waals surface area contributed by atoms with Crippen LogP contribution >= 0.6 is 0 Å². The monoisotopic (exact) mass is 390 g/mol. The number of rotatable bonds is 7. The third kappa shape index (κ3) is 5.39. The van der Waals surface area contributed by atoms with Gasteiger partial charge in [-0.25, -0.2) is 9.18 Å². The van der Waals surface area contributed by atoms with Gasteiger partial charge in [0.25, 0.3) is 0 Å². The first-order valence-electron chi connectivity index (χ1n) is 9.09. The lowest BCUT2D eigenvalue weighted by molar-refractivity contribution is 0.0734. The van der Waals surface area contributed by atoms with E-state index in [2.05, 4.69) is 0 Å². The van der Waals surface area contributed by atoms with Crippen molar-refractivity contribution in [3.8, 4) is 11.5 Å². The van der Waals surface area contributed by atoms with Gasteiger partial charge in [0, 0.05) is 11.1 Å². The molecule has 0 spiro atoms. The van der Waals surface area contributed by atoms with E-state index in [0.29, 0.717) is 23.7 Å². The van der Waals surface area contributed by atoms with E-state index in [4.69, 9.17) is 9.47 Å². The number of halogens is 1. The average molecular weight is 390 g/mol. The number of allylic oxidation sites excluding steroid dienone is 1. The Morgan fingerprint density at radius 3 is 2.24 bits per heavy atom. The molecular weight excluding hydrogens is 371 g/mol. The van der Waals surface area contributed by atoms with E-state index >= 15 is 0 Å². The number of ether oxygens (including phenoxy) is 2. The van der Waals surface area contributed by atoms with E-state index in [1.54, 1.807) is 18.2 Å². The Bertz CT molecular complexity index is 1020. The molecule has 3 aromatic rings. The molecule has 29 heavy (non-hydrogen) atoms. The van der Waals surface area contributed by atoms with Gasteiger partial charge in [0.1, 0.15) is 17.3 Å². The predicted molar refractivity (Wildman–Crippen MR) is 109 cm³/mol. The summed E-state index contributed by atoms with van der Waals surface area (Å²) in [6.07, 6.45) is 3.17. The Morgan fingerprint density at radius 1 is 0.897 bits per heavy atom. The minimum absolute atomic E-state index is 0.187. The molecule has 0 atom stereocenters. The fraction of sp³-hybridized carbons (Fsp3) is 0.0833. The SMILES string of the molecule is CCOc1ccccc1/C=C/C(=O)c1ccc(OC(=O)c2ccc(F)cc2)cc1. The molecule has 0 aliphatic carbocycles. The second-order valence-electron chi connectivity index (χ2n) is 6.09. The van der Waals surface area contributed by atoms with Gasteiger partial charge in [-0.3, -0.25) is 4.79 Å². The van der Waals surface area contributed by atoms with Crippen molar-refractivity contribution in [2.24, 2.45) is 0 Å². The Morgan fingerprint density at radius 2 is 1.55 bits per heavy atom. The lowest BCUT2D eigenvalue weighted by atomic mass is 10.1. The first-order valence-corrected chi connectivity index (χ1v) is 9.09. The molecular formula is C24H19FO4. The zero-order valence-electron chi connectivity index (χ0n) is 15.8. The molecule has 0 saturated carbocycles. The van der Waals surface area contributed by atoms with Gasteiger partial charge in [-0.15, -0.1) is 0 Å². The highest BCUT2D eigenvalue weighted by Crippen LogP contribution is 2.20. The number of carbonyl (C=O) groups is 2. The molecule has 3 rings (SSSR count). The number of hydrogen-bond donors (Lipinski definition) is 0. The van der Waals surface area contributed by atoms with Crippen LogP contribution in [0.3, 0.4) is 0 Å². The average Bonchev–Trinajstić information content (AvgIpc) is 2.74. The molecule has 0 aromatic heterocycles. The second kappa shape index (κ2) is 9.46. The van der Waals surface area contributed by atoms with E-state index < -0.39 is 11.8 Å². The highest BCUT2D eigenvalue weighted by Gasteiger charge is 2.10. The molecule has 0 radical (unpaired) electrons. The van der Waals surface area contributed by atoms with Crippen LogP contribution in [0.2, 0.25) is 0 Å². The van der Waals surface area contributed by atoms with Crippen LogP contribution in [0.15, 0.2) is 78.9 Å². The van der Waals surface area contributed by atoms with Crippen LogP contribution in [0.1, 0.15) is 33.2 Å². The number of esters is 1. The van der Waals surface area contributed by atoms with Gasteiger partial charge in [0.05, 0.1) is 12.2 Å².